The third-order valence-corrected chi connectivity index (χ3v) is 2.44. The first-order chi connectivity index (χ1) is 7.69. The van der Waals surface area contributed by atoms with Crippen molar-refractivity contribution >= 4 is 17.6 Å². The molecule has 1 rings (SSSR count). The topological polar surface area (TPSA) is 35.5 Å². The van der Waals surface area contributed by atoms with E-state index < -0.39 is 5.97 Å². The van der Waals surface area contributed by atoms with Crippen molar-refractivity contribution in [2.24, 2.45) is 0 Å². The van der Waals surface area contributed by atoms with E-state index >= 15 is 0 Å². The van der Waals surface area contributed by atoms with Crippen LogP contribution in [0, 0.1) is 0 Å². The second kappa shape index (κ2) is 6.38. The molecule has 0 saturated heterocycles. The summed E-state index contributed by atoms with van der Waals surface area (Å²) < 4.78 is 10.1. The molecule has 1 aromatic rings. The molecule has 0 bridgehead atoms. The minimum atomic E-state index is -0.453. The molecule has 0 saturated carbocycles. The fraction of sp³-hybridized carbons (Fsp3) is 0.417. The summed E-state index contributed by atoms with van der Waals surface area (Å²) in [6.07, 6.45) is 2.05. The Balaban J connectivity index is 2.77. The Morgan fingerprint density at radius 3 is 2.81 bits per heavy atom. The molecule has 0 N–H and O–H groups in total. The molecule has 0 aliphatic heterocycles. The normalized spacial score (nSPS) is 9.94. The summed E-state index contributed by atoms with van der Waals surface area (Å²) in [6, 6.07) is 4.98. The SMILES string of the molecule is CCCCOc1ccc(Cl)c(C(=O)OC)c1. The van der Waals surface area contributed by atoms with Crippen LogP contribution < -0.4 is 4.74 Å². The van der Waals surface area contributed by atoms with E-state index in [2.05, 4.69) is 11.7 Å². The lowest BCUT2D eigenvalue weighted by Gasteiger charge is -2.07. The minimum Gasteiger partial charge on any atom is -0.494 e. The smallest absolute Gasteiger partial charge is 0.339 e. The molecule has 3 nitrogen and oxygen atoms in total. The van der Waals surface area contributed by atoms with Crippen molar-refractivity contribution in [3.63, 3.8) is 0 Å². The quantitative estimate of drug-likeness (QED) is 0.587. The van der Waals surface area contributed by atoms with Gasteiger partial charge in [0.15, 0.2) is 0 Å². The lowest BCUT2D eigenvalue weighted by Crippen LogP contribution is -2.03. The van der Waals surface area contributed by atoms with Crippen molar-refractivity contribution < 1.29 is 14.3 Å². The number of rotatable bonds is 5. The molecule has 0 aliphatic carbocycles. The highest BCUT2D eigenvalue weighted by molar-refractivity contribution is 6.33. The standard InChI is InChI=1S/C12H15ClO3/c1-3-4-7-16-9-5-6-11(13)10(8-9)12(14)15-2/h5-6,8H,3-4,7H2,1-2H3. The monoisotopic (exact) mass is 242 g/mol. The van der Waals surface area contributed by atoms with Crippen LogP contribution in [0.5, 0.6) is 5.75 Å². The molecule has 0 spiro atoms. The zero-order valence-corrected chi connectivity index (χ0v) is 10.2. The number of ether oxygens (including phenoxy) is 2. The predicted octanol–water partition coefficient (Wildman–Crippen LogP) is 3.31. The van der Waals surface area contributed by atoms with Gasteiger partial charge in [-0.25, -0.2) is 4.79 Å². The van der Waals surface area contributed by atoms with Crippen LogP contribution in [0.25, 0.3) is 0 Å². The molecule has 0 amide bonds. The number of esters is 1. The average Bonchev–Trinajstić information content (AvgIpc) is 2.30. The van der Waals surface area contributed by atoms with E-state index in [1.807, 2.05) is 0 Å². The summed E-state index contributed by atoms with van der Waals surface area (Å²) in [7, 11) is 1.32. The third-order valence-electron chi connectivity index (χ3n) is 2.11. The molecule has 0 aromatic heterocycles. The van der Waals surface area contributed by atoms with Gasteiger partial charge in [0.05, 0.1) is 24.3 Å². The lowest BCUT2D eigenvalue weighted by atomic mass is 10.2. The van der Waals surface area contributed by atoms with Gasteiger partial charge in [-0.1, -0.05) is 24.9 Å². The Morgan fingerprint density at radius 2 is 2.19 bits per heavy atom. The Morgan fingerprint density at radius 1 is 1.44 bits per heavy atom. The van der Waals surface area contributed by atoms with Gasteiger partial charge in [0, 0.05) is 0 Å². The highest BCUT2D eigenvalue weighted by Gasteiger charge is 2.11. The van der Waals surface area contributed by atoms with Crippen LogP contribution in [0.4, 0.5) is 0 Å². The predicted molar refractivity (Wildman–Crippen MR) is 63.2 cm³/mol. The fourth-order valence-corrected chi connectivity index (χ4v) is 1.39. The highest BCUT2D eigenvalue weighted by Crippen LogP contribution is 2.22. The Hall–Kier alpha value is -1.22. The summed E-state index contributed by atoms with van der Waals surface area (Å²) >= 11 is 5.87. The van der Waals surface area contributed by atoms with Crippen molar-refractivity contribution in [3.8, 4) is 5.75 Å². The van der Waals surface area contributed by atoms with Gasteiger partial charge in [-0.2, -0.15) is 0 Å². The molecule has 0 unspecified atom stereocenters. The molecule has 88 valence electrons. The van der Waals surface area contributed by atoms with Crippen LogP contribution in [0.1, 0.15) is 30.1 Å². The molecule has 16 heavy (non-hydrogen) atoms. The highest BCUT2D eigenvalue weighted by atomic mass is 35.5. The average molecular weight is 243 g/mol. The van der Waals surface area contributed by atoms with E-state index in [4.69, 9.17) is 16.3 Å². The second-order valence-electron chi connectivity index (χ2n) is 3.34. The van der Waals surface area contributed by atoms with Gasteiger partial charge >= 0.3 is 5.97 Å². The van der Waals surface area contributed by atoms with E-state index in [0.717, 1.165) is 12.8 Å². The molecule has 0 heterocycles. The van der Waals surface area contributed by atoms with E-state index in [1.165, 1.54) is 7.11 Å². The van der Waals surface area contributed by atoms with Crippen molar-refractivity contribution in [1.82, 2.24) is 0 Å². The van der Waals surface area contributed by atoms with Crippen molar-refractivity contribution in [2.75, 3.05) is 13.7 Å². The van der Waals surface area contributed by atoms with Gasteiger partial charge in [-0.15, -0.1) is 0 Å². The molecule has 0 radical (unpaired) electrons. The van der Waals surface area contributed by atoms with Gasteiger partial charge < -0.3 is 9.47 Å². The van der Waals surface area contributed by atoms with Crippen molar-refractivity contribution in [1.29, 1.82) is 0 Å². The second-order valence-corrected chi connectivity index (χ2v) is 3.74. The third kappa shape index (κ3) is 3.42. The first-order valence-corrected chi connectivity index (χ1v) is 5.57. The van der Waals surface area contributed by atoms with Crippen LogP contribution in [0.2, 0.25) is 5.02 Å². The van der Waals surface area contributed by atoms with E-state index in [-0.39, 0.29) is 0 Å². The number of carbonyl (C=O) groups excluding carboxylic acids is 1. The molecule has 0 atom stereocenters. The van der Waals surface area contributed by atoms with Crippen LogP contribution >= 0.6 is 11.6 Å². The van der Waals surface area contributed by atoms with Gasteiger partial charge in [-0.05, 0) is 24.6 Å². The number of hydrogen-bond donors (Lipinski definition) is 0. The summed E-state index contributed by atoms with van der Waals surface area (Å²) in [5.74, 6) is 0.184. The molecule has 1 aromatic carbocycles. The maximum atomic E-state index is 11.4. The zero-order valence-electron chi connectivity index (χ0n) is 9.46. The Kier molecular flexibility index (Phi) is 5.12. The van der Waals surface area contributed by atoms with Gasteiger partial charge in [0.1, 0.15) is 5.75 Å². The molecule has 4 heteroatoms. The first-order valence-electron chi connectivity index (χ1n) is 5.19. The maximum absolute atomic E-state index is 11.4. The first kappa shape index (κ1) is 12.8. The lowest BCUT2D eigenvalue weighted by molar-refractivity contribution is 0.0600. The van der Waals surface area contributed by atoms with E-state index in [1.54, 1.807) is 18.2 Å². The number of methoxy groups -OCH3 is 1. The Bertz CT molecular complexity index is 363. The summed E-state index contributed by atoms with van der Waals surface area (Å²) in [4.78, 5) is 11.4. The number of halogens is 1. The molecule has 0 fully saturated rings. The minimum absolute atomic E-state index is 0.332. The van der Waals surface area contributed by atoms with Gasteiger partial charge in [0.25, 0.3) is 0 Å². The molecular weight excluding hydrogens is 228 g/mol. The van der Waals surface area contributed by atoms with Crippen LogP contribution in [0.3, 0.4) is 0 Å². The number of benzene rings is 1. The fourth-order valence-electron chi connectivity index (χ4n) is 1.19. The van der Waals surface area contributed by atoms with Crippen LogP contribution in [-0.4, -0.2) is 19.7 Å². The molecule has 0 aliphatic rings. The Labute approximate surface area is 100 Å². The maximum Gasteiger partial charge on any atom is 0.339 e. The summed E-state index contributed by atoms with van der Waals surface area (Å²) in [5.41, 5.74) is 0.332. The molecular formula is C12H15ClO3. The summed E-state index contributed by atoms with van der Waals surface area (Å²) in [6.45, 7) is 2.73. The van der Waals surface area contributed by atoms with E-state index in [9.17, 15) is 4.79 Å². The van der Waals surface area contributed by atoms with E-state index in [0.29, 0.717) is 22.9 Å². The largest absolute Gasteiger partial charge is 0.494 e. The van der Waals surface area contributed by atoms with Gasteiger partial charge in [-0.3, -0.25) is 0 Å². The van der Waals surface area contributed by atoms with Crippen LogP contribution in [-0.2, 0) is 4.74 Å². The van der Waals surface area contributed by atoms with Crippen LogP contribution in [0.15, 0.2) is 18.2 Å². The zero-order chi connectivity index (χ0) is 12.0. The summed E-state index contributed by atoms with van der Waals surface area (Å²) in [5, 5.41) is 0.370. The number of unbranched alkanes of at least 4 members (excludes halogenated alkanes) is 1. The van der Waals surface area contributed by atoms with Gasteiger partial charge in [0.2, 0.25) is 0 Å². The van der Waals surface area contributed by atoms with Crippen molar-refractivity contribution in [2.45, 2.75) is 19.8 Å². The van der Waals surface area contributed by atoms with Crippen molar-refractivity contribution in [3.05, 3.63) is 28.8 Å². The number of hydrogen-bond acceptors (Lipinski definition) is 3. The number of carbonyl (C=O) groups is 1.